The minimum absolute atomic E-state index is 0.172. The maximum Gasteiger partial charge on any atom is 0.254 e. The summed E-state index contributed by atoms with van der Waals surface area (Å²) in [5.41, 5.74) is 2.14. The van der Waals surface area contributed by atoms with Crippen LogP contribution in [0.3, 0.4) is 0 Å². The fourth-order valence-electron chi connectivity index (χ4n) is 3.76. The fraction of sp³-hybridized carbons (Fsp3) is 0.571. The molecule has 1 amide bonds. The fourth-order valence-corrected chi connectivity index (χ4v) is 3.76. The van der Waals surface area contributed by atoms with Crippen molar-refractivity contribution in [2.75, 3.05) is 19.6 Å². The molecular formula is C21H30N2O. The molecule has 0 radical (unpaired) electrons. The van der Waals surface area contributed by atoms with Crippen molar-refractivity contribution in [3.05, 3.63) is 47.5 Å². The number of nitrogens with zero attached hydrogens (tertiary/aromatic N) is 2. The zero-order valence-corrected chi connectivity index (χ0v) is 14.9. The van der Waals surface area contributed by atoms with Crippen molar-refractivity contribution in [2.45, 2.75) is 58.0 Å². The summed E-state index contributed by atoms with van der Waals surface area (Å²) < 4.78 is 0. The van der Waals surface area contributed by atoms with Gasteiger partial charge in [0.15, 0.2) is 0 Å². The van der Waals surface area contributed by atoms with Gasteiger partial charge in [0.25, 0.3) is 5.91 Å². The van der Waals surface area contributed by atoms with E-state index in [2.05, 4.69) is 36.1 Å². The average Bonchev–Trinajstić information content (AvgIpc) is 3.09. The average molecular weight is 326 g/mol. The topological polar surface area (TPSA) is 23.6 Å². The van der Waals surface area contributed by atoms with Gasteiger partial charge in [-0.05, 0) is 50.0 Å². The molecule has 1 aromatic rings. The highest BCUT2D eigenvalue weighted by atomic mass is 16.2. The van der Waals surface area contributed by atoms with Gasteiger partial charge in [-0.15, -0.1) is 0 Å². The van der Waals surface area contributed by atoms with Crippen molar-refractivity contribution >= 4 is 5.91 Å². The summed E-state index contributed by atoms with van der Waals surface area (Å²) in [5.74, 6) is 0.172. The molecule has 130 valence electrons. The standard InChI is InChI=1S/C21H30N2O/c1-2-3-8-20-9-7-16-23(20)21(24)19-12-10-18(11-13-19)17-22-14-5-4-6-15-22/h7,9-13,20H,2-6,8,14-17H2,1H3/t20-/m0/s1. The predicted molar refractivity (Wildman–Crippen MR) is 99.1 cm³/mol. The SMILES string of the molecule is CCCC[C@H]1C=CCN1C(=O)c1ccc(CN2CCCCC2)cc1. The Morgan fingerprint density at radius 1 is 1.12 bits per heavy atom. The predicted octanol–water partition coefficient (Wildman–Crippen LogP) is 4.24. The molecule has 3 heteroatoms. The van der Waals surface area contributed by atoms with Gasteiger partial charge in [0, 0.05) is 18.7 Å². The van der Waals surface area contributed by atoms with Crippen LogP contribution in [0.25, 0.3) is 0 Å². The highest BCUT2D eigenvalue weighted by Gasteiger charge is 2.25. The molecule has 3 rings (SSSR count). The Morgan fingerprint density at radius 2 is 1.88 bits per heavy atom. The third kappa shape index (κ3) is 4.27. The van der Waals surface area contributed by atoms with Crippen LogP contribution in [0.4, 0.5) is 0 Å². The Bertz CT molecular complexity index is 558. The van der Waals surface area contributed by atoms with Gasteiger partial charge in [0.2, 0.25) is 0 Å². The van der Waals surface area contributed by atoms with E-state index in [9.17, 15) is 4.79 Å². The van der Waals surface area contributed by atoms with Crippen molar-refractivity contribution in [1.29, 1.82) is 0 Å². The van der Waals surface area contributed by atoms with Crippen LogP contribution in [0.2, 0.25) is 0 Å². The number of benzene rings is 1. The number of carbonyl (C=O) groups is 1. The van der Waals surface area contributed by atoms with E-state index in [4.69, 9.17) is 0 Å². The van der Waals surface area contributed by atoms with Gasteiger partial charge in [-0.25, -0.2) is 0 Å². The molecule has 0 bridgehead atoms. The lowest BCUT2D eigenvalue weighted by molar-refractivity contribution is 0.0743. The number of amides is 1. The number of hydrogen-bond acceptors (Lipinski definition) is 2. The molecule has 2 aliphatic rings. The molecule has 0 N–H and O–H groups in total. The molecule has 0 aliphatic carbocycles. The Balaban J connectivity index is 1.59. The van der Waals surface area contributed by atoms with Crippen molar-refractivity contribution < 1.29 is 4.79 Å². The van der Waals surface area contributed by atoms with Crippen LogP contribution in [-0.4, -0.2) is 41.4 Å². The second-order valence-corrected chi connectivity index (χ2v) is 7.13. The molecule has 3 nitrogen and oxygen atoms in total. The highest BCUT2D eigenvalue weighted by molar-refractivity contribution is 5.95. The molecule has 1 fully saturated rings. The lowest BCUT2D eigenvalue weighted by atomic mass is 10.1. The van der Waals surface area contributed by atoms with Crippen LogP contribution in [0.5, 0.6) is 0 Å². The van der Waals surface area contributed by atoms with E-state index < -0.39 is 0 Å². The number of unbranched alkanes of at least 4 members (excludes halogenated alkanes) is 1. The second-order valence-electron chi connectivity index (χ2n) is 7.13. The Labute approximate surface area is 146 Å². The third-order valence-corrected chi connectivity index (χ3v) is 5.23. The first-order chi connectivity index (χ1) is 11.8. The van der Waals surface area contributed by atoms with E-state index in [1.54, 1.807) is 0 Å². The van der Waals surface area contributed by atoms with Crippen molar-refractivity contribution in [1.82, 2.24) is 9.80 Å². The second kappa shape index (κ2) is 8.48. The van der Waals surface area contributed by atoms with Crippen LogP contribution in [0, 0.1) is 0 Å². The molecule has 2 heterocycles. The normalized spacial score (nSPS) is 21.4. The largest absolute Gasteiger partial charge is 0.328 e. The molecule has 2 aliphatic heterocycles. The third-order valence-electron chi connectivity index (χ3n) is 5.23. The maximum atomic E-state index is 12.8. The minimum Gasteiger partial charge on any atom is -0.328 e. The molecule has 1 aromatic carbocycles. The Hall–Kier alpha value is -1.61. The number of carbonyl (C=O) groups excluding carboxylic acids is 1. The van der Waals surface area contributed by atoms with E-state index in [1.165, 1.54) is 50.8 Å². The summed E-state index contributed by atoms with van der Waals surface area (Å²) in [7, 11) is 0. The first-order valence-corrected chi connectivity index (χ1v) is 9.57. The zero-order valence-electron chi connectivity index (χ0n) is 14.9. The van der Waals surface area contributed by atoms with Gasteiger partial charge in [-0.3, -0.25) is 9.69 Å². The maximum absolute atomic E-state index is 12.8. The quantitative estimate of drug-likeness (QED) is 0.730. The van der Waals surface area contributed by atoms with Gasteiger partial charge < -0.3 is 4.90 Å². The summed E-state index contributed by atoms with van der Waals surface area (Å²) in [6, 6.07) is 8.57. The summed E-state index contributed by atoms with van der Waals surface area (Å²) in [4.78, 5) is 17.3. The van der Waals surface area contributed by atoms with E-state index in [1.807, 2.05) is 17.0 Å². The summed E-state index contributed by atoms with van der Waals surface area (Å²) in [5, 5.41) is 0. The van der Waals surface area contributed by atoms with Crippen LogP contribution >= 0.6 is 0 Å². The summed E-state index contributed by atoms with van der Waals surface area (Å²) in [6.45, 7) is 6.38. The Morgan fingerprint density at radius 3 is 2.58 bits per heavy atom. The smallest absolute Gasteiger partial charge is 0.254 e. The molecule has 0 unspecified atom stereocenters. The zero-order chi connectivity index (χ0) is 16.8. The van der Waals surface area contributed by atoms with Crippen molar-refractivity contribution in [3.63, 3.8) is 0 Å². The number of hydrogen-bond donors (Lipinski definition) is 0. The molecule has 0 spiro atoms. The van der Waals surface area contributed by atoms with Crippen LogP contribution in [0.15, 0.2) is 36.4 Å². The lowest BCUT2D eigenvalue weighted by Crippen LogP contribution is -2.36. The molecule has 24 heavy (non-hydrogen) atoms. The monoisotopic (exact) mass is 326 g/mol. The first kappa shape index (κ1) is 17.2. The van der Waals surface area contributed by atoms with Gasteiger partial charge in [-0.2, -0.15) is 0 Å². The van der Waals surface area contributed by atoms with Crippen molar-refractivity contribution in [3.8, 4) is 0 Å². The van der Waals surface area contributed by atoms with Gasteiger partial charge in [0.05, 0.1) is 6.04 Å². The van der Waals surface area contributed by atoms with Crippen LogP contribution in [0.1, 0.15) is 61.4 Å². The molecule has 1 saturated heterocycles. The number of likely N-dealkylation sites (tertiary alicyclic amines) is 1. The Kier molecular flexibility index (Phi) is 6.08. The van der Waals surface area contributed by atoms with Gasteiger partial charge >= 0.3 is 0 Å². The molecule has 1 atom stereocenters. The van der Waals surface area contributed by atoms with Crippen LogP contribution < -0.4 is 0 Å². The first-order valence-electron chi connectivity index (χ1n) is 9.57. The van der Waals surface area contributed by atoms with E-state index >= 15 is 0 Å². The number of piperidine rings is 1. The molecule has 0 saturated carbocycles. The van der Waals surface area contributed by atoms with Crippen LogP contribution in [-0.2, 0) is 6.54 Å². The van der Waals surface area contributed by atoms with E-state index in [0.717, 1.165) is 25.1 Å². The highest BCUT2D eigenvalue weighted by Crippen LogP contribution is 2.20. The number of rotatable bonds is 6. The van der Waals surface area contributed by atoms with Crippen molar-refractivity contribution in [2.24, 2.45) is 0 Å². The molecule has 0 aromatic heterocycles. The van der Waals surface area contributed by atoms with Gasteiger partial charge in [-0.1, -0.05) is 50.5 Å². The summed E-state index contributed by atoms with van der Waals surface area (Å²) in [6.07, 6.45) is 11.8. The van der Waals surface area contributed by atoms with E-state index in [0.29, 0.717) is 0 Å². The lowest BCUT2D eigenvalue weighted by Gasteiger charge is -2.27. The van der Waals surface area contributed by atoms with E-state index in [-0.39, 0.29) is 11.9 Å². The van der Waals surface area contributed by atoms with Gasteiger partial charge in [0.1, 0.15) is 0 Å². The molecular weight excluding hydrogens is 296 g/mol. The summed E-state index contributed by atoms with van der Waals surface area (Å²) >= 11 is 0. The minimum atomic E-state index is 0.172.